The number of pyridine rings is 1. The number of hydrogen-bond donors (Lipinski definition) is 0. The van der Waals surface area contributed by atoms with Crippen molar-refractivity contribution in [3.05, 3.63) is 150 Å². The molecule has 0 saturated heterocycles. The second-order valence-electron chi connectivity index (χ2n) is 13.4. The molecule has 0 radical (unpaired) electrons. The van der Waals surface area contributed by atoms with Crippen molar-refractivity contribution in [3.8, 4) is 55.8 Å². The summed E-state index contributed by atoms with van der Waals surface area (Å²) in [6.45, 7) is 6.93. The predicted octanol–water partition coefficient (Wildman–Crippen LogP) is 12.6. The van der Waals surface area contributed by atoms with E-state index in [1.165, 1.54) is 87.7 Å². The fourth-order valence-corrected chi connectivity index (χ4v) is 7.19. The van der Waals surface area contributed by atoms with Gasteiger partial charge in [-0.05, 0) is 92.7 Å². The Bertz CT molecular complexity index is 1980. The van der Waals surface area contributed by atoms with Gasteiger partial charge in [0, 0.05) is 22.7 Å². The molecular weight excluding hydrogens is 555 g/mol. The fourth-order valence-electron chi connectivity index (χ4n) is 7.19. The summed E-state index contributed by atoms with van der Waals surface area (Å²) in [6, 6.07) is 46.9. The van der Waals surface area contributed by atoms with Gasteiger partial charge >= 0.3 is 0 Å². The number of hydrogen-bond acceptors (Lipinski definition) is 1. The van der Waals surface area contributed by atoms with Gasteiger partial charge in [0.05, 0.1) is 5.69 Å². The maximum absolute atomic E-state index is 4.95. The van der Waals surface area contributed by atoms with E-state index in [4.69, 9.17) is 4.98 Å². The molecule has 0 spiro atoms. The topological polar surface area (TPSA) is 12.9 Å². The average molecular weight is 598 g/mol. The summed E-state index contributed by atoms with van der Waals surface area (Å²) in [5, 5.41) is 0. The first kappa shape index (κ1) is 29.9. The van der Waals surface area contributed by atoms with Crippen molar-refractivity contribution in [1.29, 1.82) is 0 Å². The third kappa shape index (κ3) is 5.95. The minimum absolute atomic E-state index is 0.0176. The van der Waals surface area contributed by atoms with Crippen LogP contribution < -0.4 is 0 Å². The molecule has 7 rings (SSSR count). The first-order valence-electron chi connectivity index (χ1n) is 17.0. The number of benzene rings is 5. The second-order valence-corrected chi connectivity index (χ2v) is 13.4. The van der Waals surface area contributed by atoms with E-state index in [0.717, 1.165) is 23.2 Å². The number of fused-ring (bicyclic) bond motifs is 3. The van der Waals surface area contributed by atoms with Crippen molar-refractivity contribution in [3.63, 3.8) is 0 Å². The zero-order chi connectivity index (χ0) is 31.5. The highest BCUT2D eigenvalue weighted by Crippen LogP contribution is 2.49. The van der Waals surface area contributed by atoms with Gasteiger partial charge in [0.2, 0.25) is 0 Å². The van der Waals surface area contributed by atoms with Crippen molar-refractivity contribution in [1.82, 2.24) is 4.98 Å². The van der Waals surface area contributed by atoms with E-state index < -0.39 is 0 Å². The summed E-state index contributed by atoms with van der Waals surface area (Å²) in [5.41, 5.74) is 16.4. The molecule has 1 aliphatic carbocycles. The van der Waals surface area contributed by atoms with Crippen molar-refractivity contribution >= 4 is 0 Å². The lowest BCUT2D eigenvalue weighted by atomic mass is 9.82. The highest BCUT2D eigenvalue weighted by atomic mass is 14.7. The van der Waals surface area contributed by atoms with Crippen LogP contribution >= 0.6 is 0 Å². The molecule has 1 heteroatoms. The SMILES string of the molecule is CCCCCCCc1cccc(-c2cccc(-c3cccc(-c4ccc(-c5ccc6c(c5)C(C)(C)c5ccccc5-6)nc4)c3)c2)c1. The summed E-state index contributed by atoms with van der Waals surface area (Å²) < 4.78 is 0. The lowest BCUT2D eigenvalue weighted by molar-refractivity contribution is 0.632. The Hall–Kier alpha value is -4.75. The third-order valence-corrected chi connectivity index (χ3v) is 9.86. The van der Waals surface area contributed by atoms with Crippen molar-refractivity contribution in [2.75, 3.05) is 0 Å². The van der Waals surface area contributed by atoms with Crippen LogP contribution in [-0.4, -0.2) is 4.98 Å². The second kappa shape index (κ2) is 12.9. The Kier molecular flexibility index (Phi) is 8.41. The minimum Gasteiger partial charge on any atom is -0.256 e. The van der Waals surface area contributed by atoms with Gasteiger partial charge < -0.3 is 0 Å². The molecule has 46 heavy (non-hydrogen) atoms. The summed E-state index contributed by atoms with van der Waals surface area (Å²) in [5.74, 6) is 0. The van der Waals surface area contributed by atoms with Gasteiger partial charge in [-0.1, -0.05) is 150 Å². The molecule has 0 saturated carbocycles. The van der Waals surface area contributed by atoms with Gasteiger partial charge in [0.25, 0.3) is 0 Å². The normalized spacial score (nSPS) is 12.9. The lowest BCUT2D eigenvalue weighted by Crippen LogP contribution is -2.14. The van der Waals surface area contributed by atoms with Crippen molar-refractivity contribution < 1.29 is 0 Å². The van der Waals surface area contributed by atoms with Gasteiger partial charge in [0.15, 0.2) is 0 Å². The molecule has 1 aromatic heterocycles. The molecule has 0 atom stereocenters. The van der Waals surface area contributed by atoms with Crippen LogP contribution in [-0.2, 0) is 11.8 Å². The molecule has 228 valence electrons. The zero-order valence-corrected chi connectivity index (χ0v) is 27.4. The Labute approximate surface area is 275 Å². The molecule has 5 aromatic carbocycles. The third-order valence-electron chi connectivity index (χ3n) is 9.86. The van der Waals surface area contributed by atoms with E-state index in [2.05, 4.69) is 148 Å². The van der Waals surface area contributed by atoms with Gasteiger partial charge in [-0.25, -0.2) is 0 Å². The Morgan fingerprint density at radius 2 is 1.09 bits per heavy atom. The predicted molar refractivity (Wildman–Crippen MR) is 196 cm³/mol. The molecule has 0 aliphatic heterocycles. The van der Waals surface area contributed by atoms with Crippen molar-refractivity contribution in [2.45, 2.75) is 64.7 Å². The number of rotatable bonds is 10. The smallest absolute Gasteiger partial charge is 0.0702 e. The largest absolute Gasteiger partial charge is 0.256 e. The van der Waals surface area contributed by atoms with Gasteiger partial charge in [0.1, 0.15) is 0 Å². The zero-order valence-electron chi connectivity index (χ0n) is 27.4. The molecule has 0 N–H and O–H groups in total. The van der Waals surface area contributed by atoms with Crippen LogP contribution in [0.25, 0.3) is 55.8 Å². The molecule has 0 amide bonds. The van der Waals surface area contributed by atoms with E-state index >= 15 is 0 Å². The molecule has 0 fully saturated rings. The molecular formula is C45H43N. The van der Waals surface area contributed by atoms with E-state index in [1.54, 1.807) is 0 Å². The van der Waals surface area contributed by atoms with E-state index in [-0.39, 0.29) is 5.41 Å². The maximum atomic E-state index is 4.95. The Morgan fingerprint density at radius 1 is 0.478 bits per heavy atom. The fraction of sp³-hybridized carbons (Fsp3) is 0.222. The van der Waals surface area contributed by atoms with Gasteiger partial charge in [-0.2, -0.15) is 0 Å². The average Bonchev–Trinajstić information content (AvgIpc) is 3.34. The van der Waals surface area contributed by atoms with Crippen LogP contribution in [0.1, 0.15) is 69.6 Å². The van der Waals surface area contributed by atoms with E-state index in [1.807, 2.05) is 6.20 Å². The Morgan fingerprint density at radius 3 is 1.78 bits per heavy atom. The number of aromatic nitrogens is 1. The Balaban J connectivity index is 1.10. The molecule has 1 aliphatic rings. The monoisotopic (exact) mass is 597 g/mol. The minimum atomic E-state index is -0.0176. The molecule has 6 aromatic rings. The van der Waals surface area contributed by atoms with E-state index in [9.17, 15) is 0 Å². The van der Waals surface area contributed by atoms with Gasteiger partial charge in [-0.3, -0.25) is 4.98 Å². The molecule has 0 unspecified atom stereocenters. The summed E-state index contributed by atoms with van der Waals surface area (Å²) in [7, 11) is 0. The van der Waals surface area contributed by atoms with Crippen LogP contribution in [0.15, 0.2) is 134 Å². The highest BCUT2D eigenvalue weighted by Gasteiger charge is 2.35. The summed E-state index contributed by atoms with van der Waals surface area (Å²) in [6.07, 6.45) is 9.76. The number of nitrogens with zero attached hydrogens (tertiary/aromatic N) is 1. The van der Waals surface area contributed by atoms with Crippen LogP contribution in [0.2, 0.25) is 0 Å². The maximum Gasteiger partial charge on any atom is 0.0702 e. The molecule has 0 bridgehead atoms. The van der Waals surface area contributed by atoms with Crippen LogP contribution in [0.4, 0.5) is 0 Å². The molecule has 1 heterocycles. The van der Waals surface area contributed by atoms with Crippen LogP contribution in [0.5, 0.6) is 0 Å². The first-order valence-corrected chi connectivity index (χ1v) is 17.0. The van der Waals surface area contributed by atoms with Crippen LogP contribution in [0, 0.1) is 0 Å². The lowest BCUT2D eigenvalue weighted by Gasteiger charge is -2.21. The quantitative estimate of drug-likeness (QED) is 0.143. The summed E-state index contributed by atoms with van der Waals surface area (Å²) >= 11 is 0. The van der Waals surface area contributed by atoms with Crippen LogP contribution in [0.3, 0.4) is 0 Å². The van der Waals surface area contributed by atoms with E-state index in [0.29, 0.717) is 0 Å². The summed E-state index contributed by atoms with van der Waals surface area (Å²) in [4.78, 5) is 4.95. The standard InChI is InChI=1S/C45H43N/c1-4-5-6-7-8-14-32-15-11-16-33(27-32)34-17-12-18-35(28-34)36-19-13-20-37(29-36)39-24-26-44(46-31-39)38-23-25-41-40-21-9-10-22-42(40)45(2,3)43(41)30-38/h9-13,15-31H,4-8,14H2,1-3H3. The first-order chi connectivity index (χ1) is 22.5. The van der Waals surface area contributed by atoms with Gasteiger partial charge in [-0.15, -0.1) is 0 Å². The number of aryl methyl sites for hydroxylation is 1. The van der Waals surface area contributed by atoms with Crippen molar-refractivity contribution in [2.24, 2.45) is 0 Å². The molecule has 1 nitrogen and oxygen atoms in total. The highest BCUT2D eigenvalue weighted by molar-refractivity contribution is 5.83. The number of unbranched alkanes of at least 4 members (excludes halogenated alkanes) is 4.